The van der Waals surface area contributed by atoms with Gasteiger partial charge in [0.15, 0.2) is 17.0 Å². The molecule has 2 saturated carbocycles. The highest BCUT2D eigenvalue weighted by molar-refractivity contribution is 5.84. The van der Waals surface area contributed by atoms with Gasteiger partial charge in [-0.1, -0.05) is 43.2 Å². The van der Waals surface area contributed by atoms with Crippen molar-refractivity contribution >= 4 is 22.9 Å². The van der Waals surface area contributed by atoms with Gasteiger partial charge in [-0.15, -0.1) is 0 Å². The summed E-state index contributed by atoms with van der Waals surface area (Å²) >= 11 is 0. The van der Waals surface area contributed by atoms with Crippen LogP contribution < -0.4 is 16.4 Å². The van der Waals surface area contributed by atoms with Crippen LogP contribution in [-0.2, 0) is 0 Å². The van der Waals surface area contributed by atoms with E-state index in [-0.39, 0.29) is 6.04 Å². The highest BCUT2D eigenvalue weighted by atomic mass is 15.2. The van der Waals surface area contributed by atoms with Crippen molar-refractivity contribution in [2.75, 3.05) is 10.6 Å². The Bertz CT molecular complexity index is 1000. The molecule has 0 saturated heterocycles. The van der Waals surface area contributed by atoms with Gasteiger partial charge in [0.2, 0.25) is 5.95 Å². The summed E-state index contributed by atoms with van der Waals surface area (Å²) in [4.78, 5) is 14.6. The van der Waals surface area contributed by atoms with Gasteiger partial charge in [0.25, 0.3) is 0 Å². The standard InChI is InChI=1S/C24H33N7/c1-16(17-7-3-2-4-8-17)27-22-21-23(31(15-26-21)20-9-5-6-10-20)30-24(29-22)28-19-13-11-18(25)12-14-19/h2-4,7-8,15-16,18-20H,5-6,9-14,25H2,1H3,(H2,27,28,29,30)/t16-,18-,19-/m1/s1. The Balaban J connectivity index is 1.48. The molecular formula is C24H33N7. The van der Waals surface area contributed by atoms with Gasteiger partial charge < -0.3 is 20.9 Å². The van der Waals surface area contributed by atoms with Crippen molar-refractivity contribution in [3.63, 3.8) is 0 Å². The molecule has 2 fully saturated rings. The van der Waals surface area contributed by atoms with E-state index < -0.39 is 0 Å². The molecule has 0 bridgehead atoms. The number of imidazole rings is 1. The second kappa shape index (κ2) is 8.83. The fourth-order valence-electron chi connectivity index (χ4n) is 5.01. The van der Waals surface area contributed by atoms with E-state index in [1.165, 1.54) is 31.2 Å². The van der Waals surface area contributed by atoms with E-state index in [2.05, 4.69) is 46.4 Å². The predicted octanol–water partition coefficient (Wildman–Crippen LogP) is 4.80. The van der Waals surface area contributed by atoms with Crippen LogP contribution in [0.4, 0.5) is 11.8 Å². The maximum absolute atomic E-state index is 6.09. The van der Waals surface area contributed by atoms with Gasteiger partial charge in [0, 0.05) is 18.1 Å². The molecule has 164 valence electrons. The zero-order valence-corrected chi connectivity index (χ0v) is 18.3. The molecule has 0 aliphatic heterocycles. The first-order valence-electron chi connectivity index (χ1n) is 11.8. The number of nitrogens with one attached hydrogen (secondary N) is 2. The number of fused-ring (bicyclic) bond motifs is 1. The molecule has 3 aromatic rings. The number of rotatable bonds is 6. The van der Waals surface area contributed by atoms with Gasteiger partial charge in [-0.2, -0.15) is 9.97 Å². The van der Waals surface area contributed by atoms with Gasteiger partial charge in [-0.05, 0) is 51.0 Å². The molecule has 0 radical (unpaired) electrons. The van der Waals surface area contributed by atoms with Crippen molar-refractivity contribution in [2.24, 2.45) is 5.73 Å². The third-order valence-corrected chi connectivity index (χ3v) is 6.90. The summed E-state index contributed by atoms with van der Waals surface area (Å²) in [7, 11) is 0. The van der Waals surface area contributed by atoms with Gasteiger partial charge in [0.05, 0.1) is 12.4 Å². The second-order valence-corrected chi connectivity index (χ2v) is 9.19. The Morgan fingerprint density at radius 2 is 1.74 bits per heavy atom. The molecule has 0 amide bonds. The molecule has 5 rings (SSSR count). The zero-order valence-electron chi connectivity index (χ0n) is 18.3. The van der Waals surface area contributed by atoms with Crippen LogP contribution in [0, 0.1) is 0 Å². The van der Waals surface area contributed by atoms with Crippen LogP contribution in [0.15, 0.2) is 36.7 Å². The van der Waals surface area contributed by atoms with Crippen LogP contribution in [0.5, 0.6) is 0 Å². The minimum absolute atomic E-state index is 0.122. The summed E-state index contributed by atoms with van der Waals surface area (Å²) in [6, 6.07) is 11.8. The Hall–Kier alpha value is -2.67. The summed E-state index contributed by atoms with van der Waals surface area (Å²) in [5, 5.41) is 7.20. The lowest BCUT2D eigenvalue weighted by Gasteiger charge is -2.27. The largest absolute Gasteiger partial charge is 0.362 e. The van der Waals surface area contributed by atoms with Crippen LogP contribution in [-0.4, -0.2) is 31.6 Å². The van der Waals surface area contributed by atoms with Crippen molar-refractivity contribution in [1.29, 1.82) is 0 Å². The van der Waals surface area contributed by atoms with Gasteiger partial charge in [-0.25, -0.2) is 4.98 Å². The van der Waals surface area contributed by atoms with E-state index in [4.69, 9.17) is 20.7 Å². The second-order valence-electron chi connectivity index (χ2n) is 9.19. The molecule has 7 heteroatoms. The summed E-state index contributed by atoms with van der Waals surface area (Å²) in [5.41, 5.74) is 9.10. The Kier molecular flexibility index (Phi) is 5.76. The number of benzene rings is 1. The maximum Gasteiger partial charge on any atom is 0.227 e. The minimum atomic E-state index is 0.122. The maximum atomic E-state index is 6.09. The number of hydrogen-bond donors (Lipinski definition) is 3. The van der Waals surface area contributed by atoms with E-state index in [0.717, 1.165) is 42.7 Å². The molecule has 4 N–H and O–H groups in total. The molecular weight excluding hydrogens is 386 g/mol. The monoisotopic (exact) mass is 419 g/mol. The Labute approximate surface area is 183 Å². The first kappa shape index (κ1) is 20.2. The molecule has 2 aromatic heterocycles. The van der Waals surface area contributed by atoms with Crippen molar-refractivity contribution < 1.29 is 0 Å². The van der Waals surface area contributed by atoms with E-state index in [9.17, 15) is 0 Å². The van der Waals surface area contributed by atoms with Gasteiger partial charge in [0.1, 0.15) is 0 Å². The predicted molar refractivity (Wildman–Crippen MR) is 125 cm³/mol. The molecule has 1 aromatic carbocycles. The zero-order chi connectivity index (χ0) is 21.2. The van der Waals surface area contributed by atoms with Crippen molar-refractivity contribution in [1.82, 2.24) is 19.5 Å². The third kappa shape index (κ3) is 4.37. The highest BCUT2D eigenvalue weighted by Gasteiger charge is 2.24. The molecule has 31 heavy (non-hydrogen) atoms. The number of nitrogens with zero attached hydrogens (tertiary/aromatic N) is 4. The van der Waals surface area contributed by atoms with Crippen molar-refractivity contribution in [3.8, 4) is 0 Å². The molecule has 2 aliphatic carbocycles. The van der Waals surface area contributed by atoms with Crippen molar-refractivity contribution in [3.05, 3.63) is 42.2 Å². The SMILES string of the molecule is C[C@@H](Nc1nc(N[C@H]2CC[C@H](N)CC2)nc2c1ncn2C1CCCC1)c1ccccc1. The fourth-order valence-corrected chi connectivity index (χ4v) is 5.01. The van der Waals surface area contributed by atoms with Crippen LogP contribution >= 0.6 is 0 Å². The van der Waals surface area contributed by atoms with E-state index in [0.29, 0.717) is 24.1 Å². The first-order chi connectivity index (χ1) is 15.2. The lowest BCUT2D eigenvalue weighted by molar-refractivity contribution is 0.410. The minimum Gasteiger partial charge on any atom is -0.362 e. The molecule has 7 nitrogen and oxygen atoms in total. The average molecular weight is 420 g/mol. The highest BCUT2D eigenvalue weighted by Crippen LogP contribution is 2.34. The molecule has 0 unspecified atom stereocenters. The van der Waals surface area contributed by atoms with Gasteiger partial charge in [-0.3, -0.25) is 0 Å². The smallest absolute Gasteiger partial charge is 0.227 e. The topological polar surface area (TPSA) is 93.7 Å². The molecule has 2 heterocycles. The number of aromatic nitrogens is 4. The lowest BCUT2D eigenvalue weighted by atomic mass is 9.92. The average Bonchev–Trinajstić information content (AvgIpc) is 3.46. The number of nitrogens with two attached hydrogens (primary N) is 1. The molecule has 2 aliphatic rings. The number of anilines is 2. The van der Waals surface area contributed by atoms with Crippen molar-refractivity contribution in [2.45, 2.75) is 82.5 Å². The Morgan fingerprint density at radius 3 is 2.48 bits per heavy atom. The Morgan fingerprint density at radius 1 is 1.00 bits per heavy atom. The summed E-state index contributed by atoms with van der Waals surface area (Å²) < 4.78 is 2.27. The van der Waals surface area contributed by atoms with Crippen LogP contribution in [0.3, 0.4) is 0 Å². The van der Waals surface area contributed by atoms with E-state index >= 15 is 0 Å². The normalized spacial score (nSPS) is 23.2. The van der Waals surface area contributed by atoms with Crippen LogP contribution in [0.25, 0.3) is 11.2 Å². The van der Waals surface area contributed by atoms with Gasteiger partial charge >= 0.3 is 0 Å². The number of hydrogen-bond acceptors (Lipinski definition) is 6. The van der Waals surface area contributed by atoms with Crippen LogP contribution in [0.1, 0.15) is 75.9 Å². The first-order valence-corrected chi connectivity index (χ1v) is 11.8. The summed E-state index contributed by atoms with van der Waals surface area (Å²) in [5.74, 6) is 1.49. The fraction of sp³-hybridized carbons (Fsp3) is 0.542. The quantitative estimate of drug-likeness (QED) is 0.531. The van der Waals surface area contributed by atoms with E-state index in [1.54, 1.807) is 0 Å². The third-order valence-electron chi connectivity index (χ3n) is 6.90. The molecule has 0 spiro atoms. The van der Waals surface area contributed by atoms with E-state index in [1.807, 2.05) is 12.4 Å². The lowest BCUT2D eigenvalue weighted by Crippen LogP contribution is -2.33. The molecule has 1 atom stereocenters. The summed E-state index contributed by atoms with van der Waals surface area (Å²) in [6.07, 6.45) is 11.1. The summed E-state index contributed by atoms with van der Waals surface area (Å²) in [6.45, 7) is 2.16. The van der Waals surface area contributed by atoms with Crippen LogP contribution in [0.2, 0.25) is 0 Å².